The number of ether oxygens (including phenoxy) is 1. The maximum Gasteiger partial charge on any atom is 0.345 e. The second kappa shape index (κ2) is 7.29. The van der Waals surface area contributed by atoms with E-state index in [9.17, 15) is 13.2 Å². The lowest BCUT2D eigenvalue weighted by Gasteiger charge is -2.13. The zero-order valence-corrected chi connectivity index (χ0v) is 15.7. The van der Waals surface area contributed by atoms with Crippen LogP contribution in [-0.4, -0.2) is 32.8 Å². The van der Waals surface area contributed by atoms with E-state index in [0.717, 1.165) is 10.4 Å². The maximum atomic E-state index is 12.3. The molecular formula is C15H12Cl3NO4S. The van der Waals surface area contributed by atoms with Crippen LogP contribution < -0.4 is 4.74 Å². The molecule has 2 aromatic rings. The van der Waals surface area contributed by atoms with E-state index in [-0.39, 0.29) is 26.3 Å². The Bertz CT molecular complexity index is 898. The molecule has 24 heavy (non-hydrogen) atoms. The number of sulfonamides is 1. The number of hydrogen-bond acceptors (Lipinski definition) is 4. The summed E-state index contributed by atoms with van der Waals surface area (Å²) in [4.78, 5) is 12.2. The third-order valence-corrected chi connectivity index (χ3v) is 5.70. The number of nitrogens with zero attached hydrogens (tertiary/aromatic N) is 1. The van der Waals surface area contributed by atoms with Gasteiger partial charge in [-0.05, 0) is 36.4 Å². The van der Waals surface area contributed by atoms with Gasteiger partial charge in [0, 0.05) is 19.1 Å². The van der Waals surface area contributed by atoms with Crippen LogP contribution >= 0.6 is 34.8 Å². The van der Waals surface area contributed by atoms with Gasteiger partial charge >= 0.3 is 5.97 Å². The molecule has 0 aliphatic rings. The Labute approximate surface area is 154 Å². The fraction of sp³-hybridized carbons (Fsp3) is 0.133. The number of rotatable bonds is 4. The first-order chi connectivity index (χ1) is 11.1. The largest absolute Gasteiger partial charge is 0.421 e. The average molecular weight is 409 g/mol. The molecule has 0 aliphatic carbocycles. The molecule has 0 N–H and O–H groups in total. The zero-order valence-electron chi connectivity index (χ0n) is 12.6. The highest BCUT2D eigenvalue weighted by atomic mass is 35.5. The molecule has 0 aromatic heterocycles. The van der Waals surface area contributed by atoms with E-state index in [1.807, 2.05) is 0 Å². The van der Waals surface area contributed by atoms with Crippen molar-refractivity contribution in [2.24, 2.45) is 0 Å². The summed E-state index contributed by atoms with van der Waals surface area (Å²) in [6, 6.07) is 8.13. The molecule has 0 aliphatic heterocycles. The smallest absolute Gasteiger partial charge is 0.345 e. The van der Waals surface area contributed by atoms with Gasteiger partial charge < -0.3 is 4.74 Å². The van der Waals surface area contributed by atoms with Crippen molar-refractivity contribution in [3.05, 3.63) is 57.0 Å². The molecule has 9 heteroatoms. The van der Waals surface area contributed by atoms with Crippen LogP contribution in [0.3, 0.4) is 0 Å². The number of hydrogen-bond donors (Lipinski definition) is 0. The first-order valence-electron chi connectivity index (χ1n) is 6.52. The SMILES string of the molecule is CN(C)S(=O)(=O)c1ccc(Cl)c(C(=O)Oc2ccc(Cl)cc2Cl)c1. The molecule has 2 aromatic carbocycles. The molecule has 0 atom stereocenters. The van der Waals surface area contributed by atoms with Crippen molar-refractivity contribution in [3.8, 4) is 5.75 Å². The van der Waals surface area contributed by atoms with Crippen molar-refractivity contribution < 1.29 is 17.9 Å². The molecule has 2 rings (SSSR count). The summed E-state index contributed by atoms with van der Waals surface area (Å²) in [7, 11) is -0.944. The Morgan fingerprint density at radius 3 is 2.25 bits per heavy atom. The second-order valence-electron chi connectivity index (χ2n) is 4.89. The van der Waals surface area contributed by atoms with Crippen LogP contribution in [0.2, 0.25) is 15.1 Å². The van der Waals surface area contributed by atoms with Gasteiger partial charge in [-0.15, -0.1) is 0 Å². The van der Waals surface area contributed by atoms with E-state index >= 15 is 0 Å². The van der Waals surface area contributed by atoms with E-state index in [0.29, 0.717) is 5.02 Å². The lowest BCUT2D eigenvalue weighted by Crippen LogP contribution is -2.22. The van der Waals surface area contributed by atoms with E-state index in [2.05, 4.69) is 0 Å². The van der Waals surface area contributed by atoms with Crippen LogP contribution in [0, 0.1) is 0 Å². The van der Waals surface area contributed by atoms with Crippen molar-refractivity contribution in [3.63, 3.8) is 0 Å². The summed E-state index contributed by atoms with van der Waals surface area (Å²) in [5, 5.41) is 0.587. The summed E-state index contributed by atoms with van der Waals surface area (Å²) in [6.45, 7) is 0. The Balaban J connectivity index is 2.39. The standard InChI is InChI=1S/C15H12Cl3NO4S/c1-19(2)24(21,22)10-4-5-12(17)11(8-10)15(20)23-14-6-3-9(16)7-13(14)18/h3-8H,1-2H3. The van der Waals surface area contributed by atoms with Crippen LogP contribution in [0.15, 0.2) is 41.3 Å². The molecule has 128 valence electrons. The van der Waals surface area contributed by atoms with Crippen molar-refractivity contribution in [2.75, 3.05) is 14.1 Å². The fourth-order valence-electron chi connectivity index (χ4n) is 1.74. The molecule has 0 bridgehead atoms. The van der Waals surface area contributed by atoms with Crippen LogP contribution in [0.1, 0.15) is 10.4 Å². The van der Waals surface area contributed by atoms with E-state index in [1.165, 1.54) is 44.4 Å². The first kappa shape index (κ1) is 19.0. The van der Waals surface area contributed by atoms with E-state index in [4.69, 9.17) is 39.5 Å². The molecule has 0 radical (unpaired) electrons. The van der Waals surface area contributed by atoms with Gasteiger partial charge in [-0.2, -0.15) is 0 Å². The molecule has 0 fully saturated rings. The summed E-state index contributed by atoms with van der Waals surface area (Å²) in [5.41, 5.74) is -0.0920. The molecule has 0 heterocycles. The van der Waals surface area contributed by atoms with Gasteiger partial charge in [-0.3, -0.25) is 0 Å². The minimum absolute atomic E-state index is 0.0581. The quantitative estimate of drug-likeness (QED) is 0.564. The van der Waals surface area contributed by atoms with Crippen molar-refractivity contribution in [1.82, 2.24) is 4.31 Å². The predicted octanol–water partition coefficient (Wildman–Crippen LogP) is 4.12. The highest BCUT2D eigenvalue weighted by Crippen LogP contribution is 2.29. The molecule has 0 amide bonds. The molecule has 0 saturated carbocycles. The lowest BCUT2D eigenvalue weighted by molar-refractivity contribution is 0.0735. The average Bonchev–Trinajstić information content (AvgIpc) is 2.50. The zero-order chi connectivity index (χ0) is 18.1. The van der Waals surface area contributed by atoms with Gasteiger partial charge in [0.1, 0.15) is 5.75 Å². The Morgan fingerprint density at radius 2 is 1.67 bits per heavy atom. The number of carbonyl (C=O) groups is 1. The number of carbonyl (C=O) groups excluding carboxylic acids is 1. The summed E-state index contributed by atoms with van der Waals surface area (Å²) < 4.78 is 30.5. The van der Waals surface area contributed by atoms with Gasteiger partial charge in [0.25, 0.3) is 0 Å². The second-order valence-corrected chi connectivity index (χ2v) is 8.30. The minimum atomic E-state index is -3.71. The Kier molecular flexibility index (Phi) is 5.78. The van der Waals surface area contributed by atoms with Crippen molar-refractivity contribution in [1.29, 1.82) is 0 Å². The van der Waals surface area contributed by atoms with Crippen molar-refractivity contribution >= 4 is 50.8 Å². The highest BCUT2D eigenvalue weighted by molar-refractivity contribution is 7.89. The highest BCUT2D eigenvalue weighted by Gasteiger charge is 2.22. The summed E-state index contributed by atoms with van der Waals surface area (Å²) in [6.07, 6.45) is 0. The predicted molar refractivity (Wildman–Crippen MR) is 93.7 cm³/mol. The van der Waals surface area contributed by atoms with Crippen LogP contribution in [-0.2, 0) is 10.0 Å². The lowest BCUT2D eigenvalue weighted by atomic mass is 10.2. The van der Waals surface area contributed by atoms with Crippen LogP contribution in [0.5, 0.6) is 5.75 Å². The number of benzene rings is 2. The van der Waals surface area contributed by atoms with Gasteiger partial charge in [-0.1, -0.05) is 34.8 Å². The topological polar surface area (TPSA) is 63.7 Å². The van der Waals surface area contributed by atoms with E-state index < -0.39 is 16.0 Å². The summed E-state index contributed by atoms with van der Waals surface area (Å²) in [5.74, 6) is -0.747. The van der Waals surface area contributed by atoms with Gasteiger partial charge in [0.15, 0.2) is 0 Å². The number of halogens is 3. The Morgan fingerprint density at radius 1 is 1.00 bits per heavy atom. The Hall–Kier alpha value is -1.31. The third kappa shape index (κ3) is 4.02. The van der Waals surface area contributed by atoms with Gasteiger partial charge in [0.05, 0.1) is 20.5 Å². The first-order valence-corrected chi connectivity index (χ1v) is 9.09. The molecule has 5 nitrogen and oxygen atoms in total. The third-order valence-electron chi connectivity index (χ3n) is 3.03. The summed E-state index contributed by atoms with van der Waals surface area (Å²) >= 11 is 17.7. The molecule has 0 unspecified atom stereocenters. The molecule has 0 saturated heterocycles. The minimum Gasteiger partial charge on any atom is -0.421 e. The van der Waals surface area contributed by atoms with Gasteiger partial charge in [-0.25, -0.2) is 17.5 Å². The number of esters is 1. The van der Waals surface area contributed by atoms with Crippen LogP contribution in [0.4, 0.5) is 0 Å². The maximum absolute atomic E-state index is 12.3. The normalized spacial score (nSPS) is 11.6. The van der Waals surface area contributed by atoms with E-state index in [1.54, 1.807) is 0 Å². The molecule has 0 spiro atoms. The van der Waals surface area contributed by atoms with Gasteiger partial charge in [0.2, 0.25) is 10.0 Å². The fourth-order valence-corrected chi connectivity index (χ4v) is 3.32. The van der Waals surface area contributed by atoms with Crippen LogP contribution in [0.25, 0.3) is 0 Å². The molecular weight excluding hydrogens is 397 g/mol. The monoisotopic (exact) mass is 407 g/mol. The van der Waals surface area contributed by atoms with Crippen molar-refractivity contribution in [2.45, 2.75) is 4.90 Å².